The summed E-state index contributed by atoms with van der Waals surface area (Å²) in [6, 6.07) is 0. The number of thioether (sulfide) groups is 1. The van der Waals surface area contributed by atoms with Crippen LogP contribution in [-0.2, 0) is 4.79 Å². The van der Waals surface area contributed by atoms with Crippen LogP contribution in [-0.4, -0.2) is 5.12 Å². The van der Waals surface area contributed by atoms with Crippen LogP contribution in [0.1, 0.15) is 6.92 Å². The van der Waals surface area contributed by atoms with E-state index in [1.165, 1.54) is 6.08 Å². The van der Waals surface area contributed by atoms with Crippen molar-refractivity contribution in [1.82, 2.24) is 0 Å². The van der Waals surface area contributed by atoms with E-state index in [0.717, 1.165) is 11.8 Å². The van der Waals surface area contributed by atoms with Gasteiger partial charge in [-0.2, -0.15) is 0 Å². The van der Waals surface area contributed by atoms with Gasteiger partial charge >= 0.3 is 0 Å². The molecule has 0 aromatic rings. The second kappa shape index (κ2) is 4.65. The van der Waals surface area contributed by atoms with Crippen molar-refractivity contribution in [2.45, 2.75) is 6.92 Å². The van der Waals surface area contributed by atoms with E-state index >= 15 is 0 Å². The fourth-order valence-electron chi connectivity index (χ4n) is 0.183. The summed E-state index contributed by atoms with van der Waals surface area (Å²) in [6.07, 6.45) is 3.11. The Kier molecular flexibility index (Phi) is 4.36. The van der Waals surface area contributed by atoms with Crippen molar-refractivity contribution in [2.24, 2.45) is 0 Å². The minimum absolute atomic E-state index is 0.0110. The van der Waals surface area contributed by atoms with Crippen LogP contribution >= 0.6 is 11.8 Å². The molecule has 0 N–H and O–H groups in total. The molecule has 0 aromatic carbocycles. The summed E-state index contributed by atoms with van der Waals surface area (Å²) in [5.74, 6) is 0. The highest BCUT2D eigenvalue weighted by Gasteiger charge is 1.86. The van der Waals surface area contributed by atoms with Gasteiger partial charge in [0.05, 0.1) is 0 Å². The molecule has 0 unspecified atom stereocenters. The van der Waals surface area contributed by atoms with Gasteiger partial charge in [-0.3, -0.25) is 4.79 Å². The molecule has 0 aromatic heterocycles. The average Bonchev–Trinajstić information content (AvgIpc) is 1.83. The van der Waals surface area contributed by atoms with Crippen LogP contribution in [0.3, 0.4) is 0 Å². The Morgan fingerprint density at radius 2 is 2.38 bits per heavy atom. The first kappa shape index (κ1) is 7.50. The molecule has 0 radical (unpaired) electrons. The highest BCUT2D eigenvalue weighted by atomic mass is 32.2. The lowest BCUT2D eigenvalue weighted by Crippen LogP contribution is -1.76. The minimum Gasteiger partial charge on any atom is -0.282 e. The summed E-state index contributed by atoms with van der Waals surface area (Å²) in [7, 11) is 0. The maximum absolute atomic E-state index is 10.4. The zero-order chi connectivity index (χ0) is 6.41. The van der Waals surface area contributed by atoms with Crippen molar-refractivity contribution in [1.29, 1.82) is 0 Å². The standard InChI is InChI=1S/C6H8OS/c1-3-5-8-6(7)4-2/h3-5H,2H2,1H3. The number of hydrogen-bond acceptors (Lipinski definition) is 2. The first-order valence-corrected chi connectivity index (χ1v) is 3.13. The Labute approximate surface area is 53.5 Å². The van der Waals surface area contributed by atoms with Gasteiger partial charge in [0.25, 0.3) is 0 Å². The van der Waals surface area contributed by atoms with Crippen molar-refractivity contribution in [3.63, 3.8) is 0 Å². The Morgan fingerprint density at radius 1 is 1.75 bits per heavy atom. The average molecular weight is 128 g/mol. The highest BCUT2D eigenvalue weighted by Crippen LogP contribution is 2.02. The molecule has 0 spiro atoms. The third-order valence-electron chi connectivity index (χ3n) is 0.487. The lowest BCUT2D eigenvalue weighted by molar-refractivity contribution is -0.106. The molecule has 0 saturated heterocycles. The Hall–Kier alpha value is -0.500. The number of hydrogen-bond donors (Lipinski definition) is 0. The first-order chi connectivity index (χ1) is 3.81. The quantitative estimate of drug-likeness (QED) is 0.529. The van der Waals surface area contributed by atoms with Crippen LogP contribution in [0, 0.1) is 0 Å². The molecule has 0 saturated carbocycles. The van der Waals surface area contributed by atoms with E-state index in [9.17, 15) is 4.79 Å². The molecule has 0 aliphatic carbocycles. The zero-order valence-corrected chi connectivity index (χ0v) is 5.57. The molecule has 0 amide bonds. The fraction of sp³-hybridized carbons (Fsp3) is 0.167. The zero-order valence-electron chi connectivity index (χ0n) is 4.76. The molecule has 44 valence electrons. The predicted molar refractivity (Wildman–Crippen MR) is 37.6 cm³/mol. The van der Waals surface area contributed by atoms with E-state index in [1.807, 2.05) is 13.0 Å². The molecule has 0 heterocycles. The summed E-state index contributed by atoms with van der Waals surface area (Å²) in [5, 5.41) is 1.72. The topological polar surface area (TPSA) is 17.1 Å². The maximum atomic E-state index is 10.4. The maximum Gasteiger partial charge on any atom is 0.215 e. The summed E-state index contributed by atoms with van der Waals surface area (Å²) in [4.78, 5) is 10.4. The van der Waals surface area contributed by atoms with Gasteiger partial charge < -0.3 is 0 Å². The lowest BCUT2D eigenvalue weighted by Gasteiger charge is -1.80. The second-order valence-electron chi connectivity index (χ2n) is 1.11. The van der Waals surface area contributed by atoms with Crippen molar-refractivity contribution in [2.75, 3.05) is 0 Å². The van der Waals surface area contributed by atoms with Gasteiger partial charge in [0.15, 0.2) is 0 Å². The van der Waals surface area contributed by atoms with E-state index in [2.05, 4.69) is 6.58 Å². The van der Waals surface area contributed by atoms with Gasteiger partial charge in [-0.25, -0.2) is 0 Å². The molecule has 0 bridgehead atoms. The third kappa shape index (κ3) is 3.68. The molecule has 2 heteroatoms. The number of rotatable bonds is 2. The van der Waals surface area contributed by atoms with E-state index in [4.69, 9.17) is 0 Å². The van der Waals surface area contributed by atoms with Gasteiger partial charge in [-0.15, -0.1) is 0 Å². The molecule has 0 fully saturated rings. The Balaban J connectivity index is 3.39. The van der Waals surface area contributed by atoms with E-state index in [0.29, 0.717) is 0 Å². The van der Waals surface area contributed by atoms with E-state index in [-0.39, 0.29) is 5.12 Å². The van der Waals surface area contributed by atoms with Crippen LogP contribution in [0.25, 0.3) is 0 Å². The van der Waals surface area contributed by atoms with Crippen molar-refractivity contribution in [3.05, 3.63) is 24.1 Å². The Morgan fingerprint density at radius 3 is 2.75 bits per heavy atom. The van der Waals surface area contributed by atoms with Gasteiger partial charge in [-0.1, -0.05) is 24.4 Å². The molecule has 0 atom stereocenters. The summed E-state index contributed by atoms with van der Waals surface area (Å²) >= 11 is 1.14. The molecule has 0 rings (SSSR count). The normalized spacial score (nSPS) is 9.62. The molecular weight excluding hydrogens is 120 g/mol. The minimum atomic E-state index is -0.0110. The first-order valence-electron chi connectivity index (χ1n) is 2.25. The second-order valence-corrected chi connectivity index (χ2v) is 2.02. The van der Waals surface area contributed by atoms with Gasteiger partial charge in [0, 0.05) is 0 Å². The fourth-order valence-corrected chi connectivity index (χ4v) is 0.550. The van der Waals surface area contributed by atoms with Gasteiger partial charge in [-0.05, 0) is 18.4 Å². The number of carbonyl (C=O) groups excluding carboxylic acids is 1. The van der Waals surface area contributed by atoms with E-state index < -0.39 is 0 Å². The van der Waals surface area contributed by atoms with Gasteiger partial charge in [0.1, 0.15) is 0 Å². The molecular formula is C6H8OS. The van der Waals surface area contributed by atoms with Crippen LogP contribution in [0.15, 0.2) is 24.1 Å². The molecule has 8 heavy (non-hydrogen) atoms. The Bertz CT molecular complexity index is 116. The summed E-state index contributed by atoms with van der Waals surface area (Å²) in [6.45, 7) is 5.17. The summed E-state index contributed by atoms with van der Waals surface area (Å²) in [5.41, 5.74) is 0. The number of allylic oxidation sites excluding steroid dienone is 1. The lowest BCUT2D eigenvalue weighted by atomic mass is 10.7. The predicted octanol–water partition coefficient (Wildman–Crippen LogP) is 1.97. The van der Waals surface area contributed by atoms with Crippen molar-refractivity contribution >= 4 is 16.9 Å². The summed E-state index contributed by atoms with van der Waals surface area (Å²) < 4.78 is 0. The van der Waals surface area contributed by atoms with Crippen molar-refractivity contribution < 1.29 is 4.79 Å². The van der Waals surface area contributed by atoms with Crippen LogP contribution in [0.2, 0.25) is 0 Å². The SMILES string of the molecule is C=CC(=O)SC=CC. The van der Waals surface area contributed by atoms with Crippen LogP contribution in [0.4, 0.5) is 0 Å². The van der Waals surface area contributed by atoms with Crippen LogP contribution in [0.5, 0.6) is 0 Å². The third-order valence-corrected chi connectivity index (χ3v) is 1.29. The van der Waals surface area contributed by atoms with E-state index in [1.54, 1.807) is 5.41 Å². The molecule has 0 aliphatic heterocycles. The molecule has 1 nitrogen and oxygen atoms in total. The number of carbonyl (C=O) groups is 1. The largest absolute Gasteiger partial charge is 0.282 e. The smallest absolute Gasteiger partial charge is 0.215 e. The monoisotopic (exact) mass is 128 g/mol. The molecule has 0 aliphatic rings. The van der Waals surface area contributed by atoms with Crippen LogP contribution < -0.4 is 0 Å². The van der Waals surface area contributed by atoms with Crippen molar-refractivity contribution in [3.8, 4) is 0 Å². The highest BCUT2D eigenvalue weighted by molar-refractivity contribution is 8.16. The van der Waals surface area contributed by atoms with Gasteiger partial charge in [0.2, 0.25) is 5.12 Å².